The predicted octanol–water partition coefficient (Wildman–Crippen LogP) is 1.87. The summed E-state index contributed by atoms with van der Waals surface area (Å²) in [6, 6.07) is 11.5. The van der Waals surface area contributed by atoms with Gasteiger partial charge >= 0.3 is 0 Å². The highest BCUT2D eigenvalue weighted by Crippen LogP contribution is 2.25. The average molecular weight is 250 g/mol. The number of nitriles is 1. The summed E-state index contributed by atoms with van der Waals surface area (Å²) in [5.41, 5.74) is 5.93. The van der Waals surface area contributed by atoms with Crippen LogP contribution >= 0.6 is 11.8 Å². The molecule has 0 amide bonds. The molecule has 0 fully saturated rings. The number of benzene rings is 1. The van der Waals surface area contributed by atoms with Crippen molar-refractivity contribution in [2.75, 3.05) is 5.75 Å². The molecule has 0 aliphatic carbocycles. The van der Waals surface area contributed by atoms with Gasteiger partial charge in [-0.05, 0) is 12.5 Å². The van der Waals surface area contributed by atoms with Crippen LogP contribution in [-0.2, 0) is 5.54 Å². The highest BCUT2D eigenvalue weighted by atomic mass is 32.2. The molecule has 3 N–H and O–H groups in total. The SMILES string of the molecule is CC(O)C(C)SCC(N)(C#N)c1ccccc1. The molecule has 0 aliphatic rings. The summed E-state index contributed by atoms with van der Waals surface area (Å²) in [6.45, 7) is 3.67. The first kappa shape index (κ1) is 14.0. The first-order valence-electron chi connectivity index (χ1n) is 5.55. The van der Waals surface area contributed by atoms with Crippen LogP contribution in [0.2, 0.25) is 0 Å². The van der Waals surface area contributed by atoms with Gasteiger partial charge in [-0.2, -0.15) is 17.0 Å². The quantitative estimate of drug-likeness (QED) is 0.837. The Morgan fingerprint density at radius 2 is 2.00 bits per heavy atom. The molecule has 1 aromatic carbocycles. The van der Waals surface area contributed by atoms with Crippen molar-refractivity contribution < 1.29 is 5.11 Å². The van der Waals surface area contributed by atoms with Gasteiger partial charge in [0.2, 0.25) is 0 Å². The fraction of sp³-hybridized carbons (Fsp3) is 0.462. The molecule has 4 heteroatoms. The van der Waals surface area contributed by atoms with E-state index in [1.807, 2.05) is 37.3 Å². The lowest BCUT2D eigenvalue weighted by Crippen LogP contribution is -2.38. The molecule has 1 aromatic rings. The number of hydrogen-bond acceptors (Lipinski definition) is 4. The normalized spacial score (nSPS) is 17.8. The van der Waals surface area contributed by atoms with Gasteiger partial charge in [-0.3, -0.25) is 0 Å². The Morgan fingerprint density at radius 3 is 2.47 bits per heavy atom. The molecular weight excluding hydrogens is 232 g/mol. The molecule has 0 aliphatic heterocycles. The van der Waals surface area contributed by atoms with Crippen LogP contribution in [0.5, 0.6) is 0 Å². The van der Waals surface area contributed by atoms with E-state index in [1.54, 1.807) is 6.92 Å². The molecule has 0 heterocycles. The number of aliphatic hydroxyl groups excluding tert-OH is 1. The third-order valence-electron chi connectivity index (χ3n) is 2.74. The predicted molar refractivity (Wildman–Crippen MR) is 71.5 cm³/mol. The molecule has 0 spiro atoms. The zero-order valence-corrected chi connectivity index (χ0v) is 10.9. The van der Waals surface area contributed by atoms with E-state index in [1.165, 1.54) is 11.8 Å². The Kier molecular flexibility index (Phi) is 5.01. The Hall–Kier alpha value is -1.02. The summed E-state index contributed by atoms with van der Waals surface area (Å²) in [6.07, 6.45) is -0.404. The lowest BCUT2D eigenvalue weighted by atomic mass is 9.95. The number of hydrogen-bond donors (Lipinski definition) is 2. The van der Waals surface area contributed by atoms with Crippen LogP contribution in [0.25, 0.3) is 0 Å². The number of thioether (sulfide) groups is 1. The average Bonchev–Trinajstić information content (AvgIpc) is 2.36. The van der Waals surface area contributed by atoms with Gasteiger partial charge in [0.1, 0.15) is 5.54 Å². The van der Waals surface area contributed by atoms with Gasteiger partial charge in [0.25, 0.3) is 0 Å². The van der Waals surface area contributed by atoms with Crippen LogP contribution in [0.15, 0.2) is 30.3 Å². The summed E-state index contributed by atoms with van der Waals surface area (Å²) >= 11 is 1.51. The molecule has 0 bridgehead atoms. The monoisotopic (exact) mass is 250 g/mol. The van der Waals surface area contributed by atoms with Gasteiger partial charge in [-0.1, -0.05) is 37.3 Å². The molecule has 3 unspecified atom stereocenters. The standard InChI is InChI=1S/C13H18N2OS/c1-10(16)11(2)17-9-13(15,8-14)12-6-4-3-5-7-12/h3-7,10-11,16H,9,15H2,1-2H3. The fourth-order valence-corrected chi connectivity index (χ4v) is 2.35. The number of rotatable bonds is 5. The van der Waals surface area contributed by atoms with E-state index in [9.17, 15) is 10.4 Å². The highest BCUT2D eigenvalue weighted by Gasteiger charge is 2.28. The van der Waals surface area contributed by atoms with Gasteiger partial charge in [-0.25, -0.2) is 0 Å². The zero-order chi connectivity index (χ0) is 12.9. The smallest absolute Gasteiger partial charge is 0.138 e. The van der Waals surface area contributed by atoms with Crippen molar-refractivity contribution in [3.05, 3.63) is 35.9 Å². The highest BCUT2D eigenvalue weighted by molar-refractivity contribution is 8.00. The second kappa shape index (κ2) is 6.06. The summed E-state index contributed by atoms with van der Waals surface area (Å²) in [5.74, 6) is 0.472. The molecule has 0 saturated heterocycles. The van der Waals surface area contributed by atoms with Gasteiger partial charge in [0, 0.05) is 11.0 Å². The second-order valence-corrected chi connectivity index (χ2v) is 5.57. The zero-order valence-electron chi connectivity index (χ0n) is 10.1. The number of nitrogens with zero attached hydrogens (tertiary/aromatic N) is 1. The van der Waals surface area contributed by atoms with E-state index in [2.05, 4.69) is 6.07 Å². The topological polar surface area (TPSA) is 70.0 Å². The lowest BCUT2D eigenvalue weighted by Gasteiger charge is -2.24. The van der Waals surface area contributed by atoms with Gasteiger partial charge in [0.05, 0.1) is 12.2 Å². The maximum atomic E-state index is 9.42. The van der Waals surface area contributed by atoms with Crippen LogP contribution < -0.4 is 5.73 Å². The summed E-state index contributed by atoms with van der Waals surface area (Å²) < 4.78 is 0. The largest absolute Gasteiger partial charge is 0.392 e. The first-order chi connectivity index (χ1) is 7.99. The van der Waals surface area contributed by atoms with Gasteiger partial charge in [0.15, 0.2) is 0 Å². The molecule has 3 nitrogen and oxygen atoms in total. The Morgan fingerprint density at radius 1 is 1.41 bits per heavy atom. The molecular formula is C13H18N2OS. The minimum atomic E-state index is -0.991. The Balaban J connectivity index is 2.75. The molecule has 0 saturated carbocycles. The van der Waals surface area contributed by atoms with E-state index in [-0.39, 0.29) is 5.25 Å². The maximum absolute atomic E-state index is 9.42. The van der Waals surface area contributed by atoms with E-state index >= 15 is 0 Å². The third kappa shape index (κ3) is 3.74. The fourth-order valence-electron chi connectivity index (χ4n) is 1.32. The molecule has 0 radical (unpaired) electrons. The van der Waals surface area contributed by atoms with Crippen molar-refractivity contribution in [1.29, 1.82) is 5.26 Å². The van der Waals surface area contributed by atoms with Crippen LogP contribution in [0.1, 0.15) is 19.4 Å². The van der Waals surface area contributed by atoms with Gasteiger partial charge < -0.3 is 10.8 Å². The van der Waals surface area contributed by atoms with Crippen LogP contribution in [0, 0.1) is 11.3 Å². The van der Waals surface area contributed by atoms with Crippen LogP contribution in [-0.4, -0.2) is 22.2 Å². The molecule has 92 valence electrons. The van der Waals surface area contributed by atoms with Gasteiger partial charge in [-0.15, -0.1) is 0 Å². The van der Waals surface area contributed by atoms with E-state index < -0.39 is 11.6 Å². The maximum Gasteiger partial charge on any atom is 0.138 e. The third-order valence-corrected chi connectivity index (χ3v) is 4.28. The Bertz CT molecular complexity index is 388. The van der Waals surface area contributed by atoms with Crippen molar-refractivity contribution >= 4 is 11.8 Å². The molecule has 17 heavy (non-hydrogen) atoms. The van der Waals surface area contributed by atoms with Crippen molar-refractivity contribution in [1.82, 2.24) is 0 Å². The van der Waals surface area contributed by atoms with Crippen molar-refractivity contribution in [3.8, 4) is 6.07 Å². The summed E-state index contributed by atoms with van der Waals surface area (Å²) in [7, 11) is 0. The van der Waals surface area contributed by atoms with Crippen molar-refractivity contribution in [3.63, 3.8) is 0 Å². The van der Waals surface area contributed by atoms with E-state index in [4.69, 9.17) is 5.73 Å². The molecule has 1 rings (SSSR count). The molecule has 0 aromatic heterocycles. The number of nitrogens with two attached hydrogens (primary N) is 1. The van der Waals surface area contributed by atoms with Crippen molar-refractivity contribution in [2.45, 2.75) is 30.7 Å². The Labute approximate surface area is 107 Å². The second-order valence-electron chi connectivity index (χ2n) is 4.21. The lowest BCUT2D eigenvalue weighted by molar-refractivity contribution is 0.196. The van der Waals surface area contributed by atoms with Crippen molar-refractivity contribution in [2.24, 2.45) is 5.73 Å². The summed E-state index contributed by atoms with van der Waals surface area (Å²) in [4.78, 5) is 0. The van der Waals surface area contributed by atoms with E-state index in [0.29, 0.717) is 5.75 Å². The van der Waals surface area contributed by atoms with Crippen LogP contribution in [0.4, 0.5) is 0 Å². The number of aliphatic hydroxyl groups is 1. The first-order valence-corrected chi connectivity index (χ1v) is 6.60. The summed E-state index contributed by atoms with van der Waals surface area (Å²) in [5, 5.41) is 18.7. The molecule has 3 atom stereocenters. The minimum absolute atomic E-state index is 0.0648. The minimum Gasteiger partial charge on any atom is -0.392 e. The van der Waals surface area contributed by atoms with Crippen LogP contribution in [0.3, 0.4) is 0 Å². The van der Waals surface area contributed by atoms with E-state index in [0.717, 1.165) is 5.56 Å².